The maximum Gasteiger partial charge on any atom is 0.352 e. The molecule has 0 spiro atoms. The number of ether oxygens (including phenoxy) is 3. The molecule has 1 aromatic heterocycles. The molecule has 1 aliphatic rings. The van der Waals surface area contributed by atoms with E-state index in [9.17, 15) is 19.2 Å². The molecule has 1 saturated heterocycles. The van der Waals surface area contributed by atoms with Gasteiger partial charge < -0.3 is 19.1 Å². The van der Waals surface area contributed by atoms with Crippen LogP contribution in [0.15, 0.2) is 52.1 Å². The van der Waals surface area contributed by atoms with Crippen LogP contribution in [0.3, 0.4) is 0 Å². The van der Waals surface area contributed by atoms with Crippen molar-refractivity contribution >= 4 is 23.5 Å². The topological polar surface area (TPSA) is 122 Å². The molecule has 0 bridgehead atoms. The number of halogens is 1. The second-order valence-corrected chi connectivity index (χ2v) is 9.36. The molecule has 11 nitrogen and oxygen atoms in total. The molecule has 1 fully saturated rings. The van der Waals surface area contributed by atoms with Gasteiger partial charge in [-0.2, -0.15) is 9.78 Å². The van der Waals surface area contributed by atoms with E-state index in [4.69, 9.17) is 25.8 Å². The summed E-state index contributed by atoms with van der Waals surface area (Å²) < 4.78 is 17.7. The van der Waals surface area contributed by atoms with Crippen LogP contribution >= 0.6 is 11.6 Å². The minimum atomic E-state index is -0.825. The number of carbonyl (C=O) groups is 2. The fraction of sp³-hybridized carbons (Fsp3) is 0.370. The molecule has 2 heterocycles. The number of likely N-dealkylation sites (tertiary alicyclic amines) is 1. The van der Waals surface area contributed by atoms with Gasteiger partial charge in [0.25, 0.3) is 11.5 Å². The van der Waals surface area contributed by atoms with E-state index in [2.05, 4.69) is 5.10 Å². The van der Waals surface area contributed by atoms with Gasteiger partial charge in [0.15, 0.2) is 11.5 Å². The van der Waals surface area contributed by atoms with Crippen molar-refractivity contribution in [1.29, 1.82) is 0 Å². The SMILES string of the molecule is CCOC(=O)C1CCN(C(=O)c2nn(-c3ccc(OC)c(OC)c3)c(=O)n(Cc3cccc(Cl)c3)c2=O)CC1. The second kappa shape index (κ2) is 12.2. The monoisotopic (exact) mass is 556 g/mol. The number of piperidine rings is 1. The smallest absolute Gasteiger partial charge is 0.352 e. The fourth-order valence-electron chi connectivity index (χ4n) is 4.46. The molecule has 1 amide bonds. The predicted molar refractivity (Wildman–Crippen MR) is 143 cm³/mol. The van der Waals surface area contributed by atoms with Crippen LogP contribution in [0.2, 0.25) is 5.02 Å². The van der Waals surface area contributed by atoms with Crippen molar-refractivity contribution in [2.75, 3.05) is 33.9 Å². The highest BCUT2D eigenvalue weighted by Crippen LogP contribution is 2.28. The lowest BCUT2D eigenvalue weighted by Crippen LogP contribution is -2.48. The molecule has 2 aromatic carbocycles. The first-order valence-electron chi connectivity index (χ1n) is 12.4. The molecular formula is C27H29ClN4O7. The van der Waals surface area contributed by atoms with Crippen LogP contribution in [0.25, 0.3) is 5.69 Å². The summed E-state index contributed by atoms with van der Waals surface area (Å²) in [5.41, 5.74) is -1.12. The molecule has 39 heavy (non-hydrogen) atoms. The second-order valence-electron chi connectivity index (χ2n) is 8.92. The summed E-state index contributed by atoms with van der Waals surface area (Å²) in [6.45, 7) is 2.38. The van der Waals surface area contributed by atoms with E-state index < -0.39 is 22.9 Å². The van der Waals surface area contributed by atoms with E-state index in [0.717, 1.165) is 9.25 Å². The highest BCUT2D eigenvalue weighted by Gasteiger charge is 2.31. The number of aromatic nitrogens is 3. The summed E-state index contributed by atoms with van der Waals surface area (Å²) in [5.74, 6) is -0.473. The lowest BCUT2D eigenvalue weighted by molar-refractivity contribution is -0.149. The number of hydrogen-bond donors (Lipinski definition) is 0. The summed E-state index contributed by atoms with van der Waals surface area (Å²) in [6, 6.07) is 11.4. The first-order chi connectivity index (χ1) is 18.8. The van der Waals surface area contributed by atoms with Gasteiger partial charge in [-0.1, -0.05) is 23.7 Å². The molecule has 0 saturated carbocycles. The molecule has 0 atom stereocenters. The minimum absolute atomic E-state index is 0.126. The van der Waals surface area contributed by atoms with Gasteiger partial charge in [0.05, 0.1) is 39.0 Å². The first kappa shape index (κ1) is 27.9. The standard InChI is InChI=1S/C27H29ClN4O7/c1-4-39-26(35)18-10-12-30(13-11-18)24(33)23-25(34)31(16-17-6-5-7-19(28)14-17)27(36)32(29-23)20-8-9-21(37-2)22(15-20)38-3/h5-9,14-15,18H,4,10-13,16H2,1-3H3. The number of rotatable bonds is 8. The first-order valence-corrected chi connectivity index (χ1v) is 12.8. The summed E-state index contributed by atoms with van der Waals surface area (Å²) in [5, 5.41) is 4.66. The van der Waals surface area contributed by atoms with E-state index in [1.54, 1.807) is 43.3 Å². The van der Waals surface area contributed by atoms with Gasteiger partial charge >= 0.3 is 11.7 Å². The van der Waals surface area contributed by atoms with Crippen molar-refractivity contribution in [2.45, 2.75) is 26.3 Å². The van der Waals surface area contributed by atoms with Crippen molar-refractivity contribution in [2.24, 2.45) is 5.92 Å². The molecule has 0 unspecified atom stereocenters. The van der Waals surface area contributed by atoms with Crippen molar-refractivity contribution in [3.05, 3.63) is 79.6 Å². The molecule has 0 N–H and O–H groups in total. The van der Waals surface area contributed by atoms with Gasteiger partial charge in [-0.05, 0) is 49.6 Å². The number of amides is 1. The number of benzene rings is 2. The normalized spacial score (nSPS) is 13.7. The highest BCUT2D eigenvalue weighted by molar-refractivity contribution is 6.30. The van der Waals surface area contributed by atoms with Gasteiger partial charge in [-0.3, -0.25) is 19.0 Å². The lowest BCUT2D eigenvalue weighted by Gasteiger charge is -2.30. The summed E-state index contributed by atoms with van der Waals surface area (Å²) in [6.07, 6.45) is 0.799. The van der Waals surface area contributed by atoms with Crippen LogP contribution < -0.4 is 20.7 Å². The molecule has 0 radical (unpaired) electrons. The van der Waals surface area contributed by atoms with Crippen molar-refractivity contribution in [3.63, 3.8) is 0 Å². The van der Waals surface area contributed by atoms with Gasteiger partial charge in [0.2, 0.25) is 5.69 Å². The van der Waals surface area contributed by atoms with Gasteiger partial charge in [-0.15, -0.1) is 0 Å². The Morgan fingerprint density at radius 1 is 1.03 bits per heavy atom. The molecular weight excluding hydrogens is 528 g/mol. The Labute approximate surface area is 229 Å². The molecule has 4 rings (SSSR count). The van der Waals surface area contributed by atoms with Crippen LogP contribution in [0.5, 0.6) is 11.5 Å². The zero-order valence-corrected chi connectivity index (χ0v) is 22.6. The molecule has 0 aliphatic carbocycles. The summed E-state index contributed by atoms with van der Waals surface area (Å²) in [4.78, 5) is 54.2. The third-order valence-corrected chi connectivity index (χ3v) is 6.74. The quantitative estimate of drug-likeness (QED) is 0.388. The predicted octanol–water partition coefficient (Wildman–Crippen LogP) is 2.53. The minimum Gasteiger partial charge on any atom is -0.493 e. The van der Waals surface area contributed by atoms with Crippen LogP contribution in [0.4, 0.5) is 0 Å². The van der Waals surface area contributed by atoms with E-state index in [1.807, 2.05) is 0 Å². The van der Waals surface area contributed by atoms with E-state index in [-0.39, 0.29) is 43.8 Å². The summed E-state index contributed by atoms with van der Waals surface area (Å²) in [7, 11) is 2.93. The Kier molecular flexibility index (Phi) is 8.70. The molecule has 3 aromatic rings. The Balaban J connectivity index is 1.77. The van der Waals surface area contributed by atoms with E-state index >= 15 is 0 Å². The zero-order chi connectivity index (χ0) is 28.1. The number of methoxy groups -OCH3 is 2. The van der Waals surface area contributed by atoms with Gasteiger partial charge in [0.1, 0.15) is 0 Å². The van der Waals surface area contributed by atoms with Crippen LogP contribution in [-0.2, 0) is 16.1 Å². The van der Waals surface area contributed by atoms with E-state index in [1.165, 1.54) is 25.2 Å². The third kappa shape index (κ3) is 5.98. The van der Waals surface area contributed by atoms with Gasteiger partial charge in [-0.25, -0.2) is 4.79 Å². The number of carbonyl (C=O) groups excluding carboxylic acids is 2. The zero-order valence-electron chi connectivity index (χ0n) is 21.9. The molecule has 12 heteroatoms. The van der Waals surface area contributed by atoms with Gasteiger partial charge in [0, 0.05) is 24.2 Å². The molecule has 206 valence electrons. The average Bonchev–Trinajstić information content (AvgIpc) is 2.95. The van der Waals surface area contributed by atoms with E-state index in [0.29, 0.717) is 34.9 Å². The third-order valence-electron chi connectivity index (χ3n) is 6.51. The Bertz CT molecular complexity index is 1490. The number of nitrogens with zero attached hydrogens (tertiary/aromatic N) is 4. The fourth-order valence-corrected chi connectivity index (χ4v) is 4.67. The average molecular weight is 557 g/mol. The molecule has 1 aliphatic heterocycles. The van der Waals surface area contributed by atoms with Crippen molar-refractivity contribution in [3.8, 4) is 17.2 Å². The number of esters is 1. The maximum atomic E-state index is 13.6. The summed E-state index contributed by atoms with van der Waals surface area (Å²) >= 11 is 6.11. The lowest BCUT2D eigenvalue weighted by atomic mass is 9.97. The van der Waals surface area contributed by atoms with Crippen molar-refractivity contribution in [1.82, 2.24) is 19.2 Å². The number of hydrogen-bond acceptors (Lipinski definition) is 8. The van der Waals surface area contributed by atoms with Crippen LogP contribution in [0, 0.1) is 5.92 Å². The largest absolute Gasteiger partial charge is 0.493 e. The Hall–Kier alpha value is -4.12. The van der Waals surface area contributed by atoms with Crippen LogP contribution in [0.1, 0.15) is 35.8 Å². The Morgan fingerprint density at radius 2 is 1.74 bits per heavy atom. The maximum absolute atomic E-state index is 13.6. The highest BCUT2D eigenvalue weighted by atomic mass is 35.5. The Morgan fingerprint density at radius 3 is 2.38 bits per heavy atom. The van der Waals surface area contributed by atoms with Crippen LogP contribution in [-0.4, -0.2) is 65.0 Å². The van der Waals surface area contributed by atoms with Crippen molar-refractivity contribution < 1.29 is 23.8 Å².